The summed E-state index contributed by atoms with van der Waals surface area (Å²) >= 11 is 0. The van der Waals surface area contributed by atoms with Gasteiger partial charge in [-0.1, -0.05) is 109 Å². The number of fused-ring (bicyclic) bond motifs is 4. The molecule has 0 aliphatic heterocycles. The molecule has 218 valence electrons. The molecule has 6 heteroatoms. The lowest BCUT2D eigenvalue weighted by Gasteiger charge is -2.19. The summed E-state index contributed by atoms with van der Waals surface area (Å²) in [5.41, 5.74) is 1.67. The van der Waals surface area contributed by atoms with E-state index in [9.17, 15) is 9.59 Å². The fraction of sp³-hybridized carbons (Fsp3) is 0. The summed E-state index contributed by atoms with van der Waals surface area (Å²) in [6.45, 7) is 0. The Kier molecular flexibility index (Phi) is 6.65. The summed E-state index contributed by atoms with van der Waals surface area (Å²) in [6, 6.07) is 41.9. The fourth-order valence-electron chi connectivity index (χ4n) is 6.05. The molecule has 6 nitrogen and oxygen atoms in total. The van der Waals surface area contributed by atoms with Gasteiger partial charge in [-0.15, -0.1) is 0 Å². The van der Waals surface area contributed by atoms with Crippen LogP contribution in [0.25, 0.3) is 54.2 Å². The van der Waals surface area contributed by atoms with Crippen molar-refractivity contribution in [3.05, 3.63) is 157 Å². The molecule has 8 aromatic rings. The Balaban J connectivity index is 1.32. The van der Waals surface area contributed by atoms with Crippen LogP contribution in [0.1, 0.15) is 21.0 Å². The van der Waals surface area contributed by atoms with Crippen molar-refractivity contribution in [2.24, 2.45) is 0 Å². The van der Waals surface area contributed by atoms with Crippen LogP contribution < -0.4 is 9.47 Å². The van der Waals surface area contributed by atoms with Gasteiger partial charge in [-0.05, 0) is 56.6 Å². The summed E-state index contributed by atoms with van der Waals surface area (Å²) in [4.78, 5) is 36.4. The van der Waals surface area contributed by atoms with E-state index in [0.29, 0.717) is 33.4 Å². The highest BCUT2D eigenvalue weighted by molar-refractivity contribution is 6.12. The molecule has 2 aromatic heterocycles. The smallest absolute Gasteiger partial charge is 0.362 e. The SMILES string of the molecule is O=C(Oc1ccc2ccccc2c1-c1c(OC(=O)c2nccc3ccccc23)ccc2ccccc12)c1nccc2ccccc12. The zero-order valence-electron chi connectivity index (χ0n) is 24.4. The zero-order chi connectivity index (χ0) is 31.0. The molecule has 8 rings (SSSR count). The predicted molar refractivity (Wildman–Crippen MR) is 180 cm³/mol. The molecule has 0 aliphatic rings. The number of rotatable bonds is 5. The number of pyridine rings is 2. The van der Waals surface area contributed by atoms with E-state index in [2.05, 4.69) is 9.97 Å². The van der Waals surface area contributed by atoms with Gasteiger partial charge in [-0.2, -0.15) is 0 Å². The number of ether oxygens (including phenoxy) is 2. The Labute approximate surface area is 263 Å². The standard InChI is InChI=1S/C40H24N2O4/c43-39(37-31-15-7-3-11-27(31)21-23-41-37)45-33-19-17-25-9-1-5-13-29(25)35(33)36-30-14-6-2-10-26(30)18-20-34(36)46-40(44)38-32-16-8-4-12-28(32)22-24-42-38/h1-24H. The van der Waals surface area contributed by atoms with Crippen molar-refractivity contribution >= 4 is 55.0 Å². The Morgan fingerprint density at radius 3 is 1.15 bits per heavy atom. The minimum atomic E-state index is -0.591. The van der Waals surface area contributed by atoms with Crippen LogP contribution in [0.3, 0.4) is 0 Å². The summed E-state index contributed by atoms with van der Waals surface area (Å²) < 4.78 is 12.4. The minimum Gasteiger partial charge on any atom is -0.421 e. The van der Waals surface area contributed by atoms with Crippen LogP contribution in [0.15, 0.2) is 146 Å². The molecule has 0 saturated carbocycles. The molecule has 6 aromatic carbocycles. The van der Waals surface area contributed by atoms with E-state index >= 15 is 0 Å². The second-order valence-electron chi connectivity index (χ2n) is 10.9. The van der Waals surface area contributed by atoms with Crippen LogP contribution in [-0.2, 0) is 0 Å². The molecule has 0 aliphatic carbocycles. The first kappa shape index (κ1) is 27.2. The maximum Gasteiger partial charge on any atom is 0.362 e. The molecule has 0 spiro atoms. The van der Waals surface area contributed by atoms with Crippen LogP contribution in [0.5, 0.6) is 11.5 Å². The molecule has 0 bridgehead atoms. The lowest BCUT2D eigenvalue weighted by molar-refractivity contribution is 0.0719. The van der Waals surface area contributed by atoms with Crippen molar-refractivity contribution in [2.75, 3.05) is 0 Å². The molecule has 0 amide bonds. The van der Waals surface area contributed by atoms with Crippen molar-refractivity contribution in [1.82, 2.24) is 9.97 Å². The lowest BCUT2D eigenvalue weighted by Crippen LogP contribution is -2.13. The van der Waals surface area contributed by atoms with E-state index in [-0.39, 0.29) is 11.4 Å². The highest BCUT2D eigenvalue weighted by atomic mass is 16.5. The molecular formula is C40H24N2O4. The lowest BCUT2D eigenvalue weighted by atomic mass is 9.92. The first-order chi connectivity index (χ1) is 22.7. The summed E-state index contributed by atoms with van der Waals surface area (Å²) in [6.07, 6.45) is 3.20. The number of hydrogen-bond acceptors (Lipinski definition) is 6. The average molecular weight is 597 g/mol. The number of carbonyl (C=O) groups excluding carboxylic acids is 2. The van der Waals surface area contributed by atoms with Crippen LogP contribution in [-0.4, -0.2) is 21.9 Å². The van der Waals surface area contributed by atoms with E-state index in [0.717, 1.165) is 32.3 Å². The monoisotopic (exact) mass is 596 g/mol. The Morgan fingerprint density at radius 2 is 0.739 bits per heavy atom. The molecule has 46 heavy (non-hydrogen) atoms. The first-order valence-corrected chi connectivity index (χ1v) is 14.8. The van der Waals surface area contributed by atoms with Gasteiger partial charge in [0.05, 0.1) is 0 Å². The molecule has 0 fully saturated rings. The van der Waals surface area contributed by atoms with Crippen molar-refractivity contribution < 1.29 is 19.1 Å². The molecule has 0 unspecified atom stereocenters. The number of esters is 2. The summed E-state index contributed by atoms with van der Waals surface area (Å²) in [5, 5.41) is 6.68. The third-order valence-electron chi connectivity index (χ3n) is 8.17. The van der Waals surface area contributed by atoms with Gasteiger partial charge >= 0.3 is 11.9 Å². The Hall–Kier alpha value is -6.40. The van der Waals surface area contributed by atoms with Gasteiger partial charge in [-0.3, -0.25) is 0 Å². The van der Waals surface area contributed by atoms with Gasteiger partial charge in [0.1, 0.15) is 11.5 Å². The van der Waals surface area contributed by atoms with Gasteiger partial charge in [0, 0.05) is 34.3 Å². The fourth-order valence-corrected chi connectivity index (χ4v) is 6.05. The Bertz CT molecular complexity index is 2300. The Morgan fingerprint density at radius 1 is 0.391 bits per heavy atom. The van der Waals surface area contributed by atoms with Crippen molar-refractivity contribution in [3.8, 4) is 22.6 Å². The topological polar surface area (TPSA) is 78.4 Å². The largest absolute Gasteiger partial charge is 0.421 e. The van der Waals surface area contributed by atoms with Crippen molar-refractivity contribution in [1.29, 1.82) is 0 Å². The van der Waals surface area contributed by atoms with E-state index in [1.165, 1.54) is 0 Å². The normalized spacial score (nSPS) is 11.2. The second-order valence-corrected chi connectivity index (χ2v) is 10.9. The maximum absolute atomic E-state index is 13.8. The van der Waals surface area contributed by atoms with Gasteiger partial charge < -0.3 is 9.47 Å². The van der Waals surface area contributed by atoms with Crippen LogP contribution in [0.4, 0.5) is 0 Å². The van der Waals surface area contributed by atoms with E-state index in [4.69, 9.17) is 9.47 Å². The van der Waals surface area contributed by atoms with E-state index in [1.807, 2.05) is 121 Å². The number of aromatic nitrogens is 2. The summed E-state index contributed by atoms with van der Waals surface area (Å²) in [5.74, 6) is -0.551. The summed E-state index contributed by atoms with van der Waals surface area (Å²) in [7, 11) is 0. The maximum atomic E-state index is 13.8. The molecule has 2 heterocycles. The van der Waals surface area contributed by atoms with Gasteiger partial charge in [-0.25, -0.2) is 19.6 Å². The van der Waals surface area contributed by atoms with Crippen LogP contribution in [0, 0.1) is 0 Å². The number of nitrogens with zero attached hydrogens (tertiary/aromatic N) is 2. The molecular weight excluding hydrogens is 572 g/mol. The minimum absolute atomic E-state index is 0.212. The third-order valence-corrected chi connectivity index (χ3v) is 8.17. The van der Waals surface area contributed by atoms with Crippen molar-refractivity contribution in [3.63, 3.8) is 0 Å². The highest BCUT2D eigenvalue weighted by Gasteiger charge is 2.24. The quantitative estimate of drug-likeness (QED) is 0.146. The van der Waals surface area contributed by atoms with Gasteiger partial charge in [0.15, 0.2) is 11.4 Å². The zero-order valence-corrected chi connectivity index (χ0v) is 24.4. The molecule has 0 saturated heterocycles. The third kappa shape index (κ3) is 4.69. The van der Waals surface area contributed by atoms with Gasteiger partial charge in [0.25, 0.3) is 0 Å². The predicted octanol–water partition coefficient (Wildman–Crippen LogP) is 9.19. The molecule has 0 radical (unpaired) electrons. The highest BCUT2D eigenvalue weighted by Crippen LogP contribution is 2.46. The van der Waals surface area contributed by atoms with Crippen LogP contribution in [0.2, 0.25) is 0 Å². The van der Waals surface area contributed by atoms with Crippen LogP contribution >= 0.6 is 0 Å². The second kappa shape index (κ2) is 11.3. The first-order valence-electron chi connectivity index (χ1n) is 14.8. The van der Waals surface area contributed by atoms with Gasteiger partial charge in [0.2, 0.25) is 0 Å². The molecule has 0 atom stereocenters. The molecule has 0 N–H and O–H groups in total. The van der Waals surface area contributed by atoms with E-state index < -0.39 is 11.9 Å². The number of hydrogen-bond donors (Lipinski definition) is 0. The van der Waals surface area contributed by atoms with Crippen molar-refractivity contribution in [2.45, 2.75) is 0 Å². The number of benzene rings is 6. The van der Waals surface area contributed by atoms with E-state index in [1.54, 1.807) is 24.5 Å². The average Bonchev–Trinajstić information content (AvgIpc) is 3.11. The number of carbonyl (C=O) groups is 2.